The fourth-order valence-electron chi connectivity index (χ4n) is 4.08. The second kappa shape index (κ2) is 14.5. The Morgan fingerprint density at radius 2 is 1.17 bits per heavy atom. The molecule has 0 amide bonds. The Labute approximate surface area is 179 Å². The minimum Gasteiger partial charge on any atom is -0.298 e. The van der Waals surface area contributed by atoms with Crippen molar-refractivity contribution >= 4 is 12.1 Å². The van der Waals surface area contributed by atoms with E-state index in [9.17, 15) is 9.59 Å². The molecule has 0 aliphatic rings. The molecule has 1 unspecified atom stereocenters. The molecule has 0 aromatic heterocycles. The predicted octanol–water partition coefficient (Wildman–Crippen LogP) is 8.15. The molecule has 0 radical (unpaired) electrons. The Morgan fingerprint density at radius 1 is 0.724 bits per heavy atom. The van der Waals surface area contributed by atoms with Gasteiger partial charge in [-0.15, -0.1) is 0 Å². The lowest BCUT2D eigenvalue weighted by molar-refractivity contribution is 0.0961. The number of carbonyl (C=O) groups excluding carboxylic acids is 2. The Morgan fingerprint density at radius 3 is 1.62 bits per heavy atom. The summed E-state index contributed by atoms with van der Waals surface area (Å²) in [7, 11) is 0. The van der Waals surface area contributed by atoms with Gasteiger partial charge in [0.15, 0.2) is 5.78 Å². The first-order chi connectivity index (χ1) is 13.8. The van der Waals surface area contributed by atoms with Crippen LogP contribution >= 0.6 is 0 Å². The lowest BCUT2D eigenvalue weighted by Crippen LogP contribution is -2.07. The van der Waals surface area contributed by atoms with Crippen LogP contribution in [0.4, 0.5) is 0 Å². The van der Waals surface area contributed by atoms with Crippen LogP contribution < -0.4 is 0 Å². The molecule has 164 valence electrons. The maximum Gasteiger partial charge on any atom is 0.163 e. The van der Waals surface area contributed by atoms with E-state index in [2.05, 4.69) is 34.6 Å². The number of carbonyl (C=O) groups is 2. The Kier molecular flexibility index (Phi) is 12.8. The van der Waals surface area contributed by atoms with E-state index in [-0.39, 0.29) is 5.78 Å². The van der Waals surface area contributed by atoms with Crippen LogP contribution in [-0.2, 0) is 0 Å². The number of hydrogen-bond donors (Lipinski definition) is 0. The maximum absolute atomic E-state index is 12.4. The van der Waals surface area contributed by atoms with E-state index in [1.807, 2.05) is 0 Å². The molecule has 1 aromatic carbocycles. The third kappa shape index (κ3) is 12.0. The van der Waals surface area contributed by atoms with Gasteiger partial charge in [0.1, 0.15) is 6.29 Å². The van der Waals surface area contributed by atoms with Crippen molar-refractivity contribution in [2.75, 3.05) is 0 Å². The first kappa shape index (κ1) is 25.6. The van der Waals surface area contributed by atoms with E-state index in [1.54, 1.807) is 24.3 Å². The van der Waals surface area contributed by atoms with Crippen LogP contribution in [0, 0.1) is 23.7 Å². The normalized spacial score (nSPS) is 14.6. The standard InChI is InChI=1S/C27H44O2/c1-21(2)9-6-10-22(3)11-7-12-23(4)13-8-14-24(5)19-27(29)26-17-15-25(20-28)16-18-26/h15-18,20-24H,6-14,19H2,1-5H3/t22-,23-,24?/m1/s1. The van der Waals surface area contributed by atoms with Crippen molar-refractivity contribution in [1.29, 1.82) is 0 Å². The molecule has 3 atom stereocenters. The second-order valence-corrected chi connectivity index (χ2v) is 9.87. The molecule has 29 heavy (non-hydrogen) atoms. The first-order valence-corrected chi connectivity index (χ1v) is 11.9. The van der Waals surface area contributed by atoms with Gasteiger partial charge in [0, 0.05) is 17.5 Å². The van der Waals surface area contributed by atoms with Crippen LogP contribution in [0.2, 0.25) is 0 Å². The second-order valence-electron chi connectivity index (χ2n) is 9.87. The highest BCUT2D eigenvalue weighted by Gasteiger charge is 2.12. The number of Topliss-reactive ketones (excluding diaryl/α,β-unsaturated/α-hetero) is 1. The van der Waals surface area contributed by atoms with Crippen molar-refractivity contribution in [2.45, 2.75) is 98.8 Å². The zero-order valence-corrected chi connectivity index (χ0v) is 19.6. The van der Waals surface area contributed by atoms with Gasteiger partial charge < -0.3 is 0 Å². The summed E-state index contributed by atoms with van der Waals surface area (Å²) in [5.41, 5.74) is 1.34. The van der Waals surface area contributed by atoms with E-state index in [4.69, 9.17) is 0 Å². The topological polar surface area (TPSA) is 34.1 Å². The molecule has 0 aliphatic heterocycles. The molecule has 0 saturated heterocycles. The first-order valence-electron chi connectivity index (χ1n) is 11.9. The molecule has 0 fully saturated rings. The van der Waals surface area contributed by atoms with Gasteiger partial charge in [-0.05, 0) is 23.7 Å². The fourth-order valence-corrected chi connectivity index (χ4v) is 4.08. The molecule has 0 bridgehead atoms. The van der Waals surface area contributed by atoms with Crippen molar-refractivity contribution in [2.24, 2.45) is 23.7 Å². The van der Waals surface area contributed by atoms with E-state index < -0.39 is 0 Å². The summed E-state index contributed by atoms with van der Waals surface area (Å²) in [4.78, 5) is 23.1. The molecule has 0 saturated carbocycles. The largest absolute Gasteiger partial charge is 0.298 e. The summed E-state index contributed by atoms with van der Waals surface area (Å²) in [6.07, 6.45) is 13.2. The van der Waals surface area contributed by atoms with Crippen molar-refractivity contribution in [3.05, 3.63) is 35.4 Å². The zero-order valence-electron chi connectivity index (χ0n) is 19.6. The van der Waals surface area contributed by atoms with Crippen LogP contribution in [0.25, 0.3) is 0 Å². The summed E-state index contributed by atoms with van der Waals surface area (Å²) in [5, 5.41) is 0. The van der Waals surface area contributed by atoms with Crippen LogP contribution in [0.5, 0.6) is 0 Å². The van der Waals surface area contributed by atoms with Crippen LogP contribution in [0.1, 0.15) is 120 Å². The van der Waals surface area contributed by atoms with Gasteiger partial charge in [0.05, 0.1) is 0 Å². The van der Waals surface area contributed by atoms with Crippen LogP contribution in [-0.4, -0.2) is 12.1 Å². The van der Waals surface area contributed by atoms with Gasteiger partial charge >= 0.3 is 0 Å². The maximum atomic E-state index is 12.4. The van der Waals surface area contributed by atoms with E-state index >= 15 is 0 Å². The number of rotatable bonds is 16. The number of aldehydes is 1. The van der Waals surface area contributed by atoms with E-state index in [0.717, 1.165) is 36.0 Å². The molecule has 0 spiro atoms. The number of benzene rings is 1. The third-order valence-corrected chi connectivity index (χ3v) is 6.17. The number of hydrogen-bond acceptors (Lipinski definition) is 2. The van der Waals surface area contributed by atoms with Gasteiger partial charge in [0.2, 0.25) is 0 Å². The highest BCUT2D eigenvalue weighted by molar-refractivity contribution is 5.96. The summed E-state index contributed by atoms with van der Waals surface area (Å²) < 4.78 is 0. The van der Waals surface area contributed by atoms with E-state index in [0.29, 0.717) is 17.9 Å². The Balaban J connectivity index is 2.13. The van der Waals surface area contributed by atoms with Crippen molar-refractivity contribution in [3.63, 3.8) is 0 Å². The molecular formula is C27H44O2. The van der Waals surface area contributed by atoms with Crippen molar-refractivity contribution in [3.8, 4) is 0 Å². The quantitative estimate of drug-likeness (QED) is 0.207. The predicted molar refractivity (Wildman–Crippen MR) is 125 cm³/mol. The molecule has 1 aromatic rings. The minimum atomic E-state index is 0.189. The van der Waals surface area contributed by atoms with Gasteiger partial charge in [-0.25, -0.2) is 0 Å². The van der Waals surface area contributed by atoms with Crippen LogP contribution in [0.3, 0.4) is 0 Å². The Bertz CT molecular complexity index is 573. The van der Waals surface area contributed by atoms with Gasteiger partial charge in [0.25, 0.3) is 0 Å². The lowest BCUT2D eigenvalue weighted by atomic mass is 9.90. The lowest BCUT2D eigenvalue weighted by Gasteiger charge is -2.16. The molecule has 0 heterocycles. The average Bonchev–Trinajstić information content (AvgIpc) is 2.67. The van der Waals surface area contributed by atoms with Crippen LogP contribution in [0.15, 0.2) is 24.3 Å². The third-order valence-electron chi connectivity index (χ3n) is 6.17. The summed E-state index contributed by atoms with van der Waals surface area (Å²) >= 11 is 0. The summed E-state index contributed by atoms with van der Waals surface area (Å²) in [5.74, 6) is 3.10. The highest BCUT2D eigenvalue weighted by Crippen LogP contribution is 2.23. The molecule has 2 nitrogen and oxygen atoms in total. The fraction of sp³-hybridized carbons (Fsp3) is 0.704. The van der Waals surface area contributed by atoms with Gasteiger partial charge in [-0.1, -0.05) is 117 Å². The smallest absolute Gasteiger partial charge is 0.163 e. The highest BCUT2D eigenvalue weighted by atomic mass is 16.1. The van der Waals surface area contributed by atoms with Crippen molar-refractivity contribution < 1.29 is 9.59 Å². The van der Waals surface area contributed by atoms with Crippen molar-refractivity contribution in [1.82, 2.24) is 0 Å². The Hall–Kier alpha value is -1.44. The van der Waals surface area contributed by atoms with Gasteiger partial charge in [-0.3, -0.25) is 9.59 Å². The molecule has 0 aliphatic carbocycles. The van der Waals surface area contributed by atoms with E-state index in [1.165, 1.54) is 51.4 Å². The summed E-state index contributed by atoms with van der Waals surface area (Å²) in [6, 6.07) is 6.98. The molecule has 2 heteroatoms. The zero-order chi connectivity index (χ0) is 21.6. The minimum absolute atomic E-state index is 0.189. The SMILES string of the molecule is CC(C)CCC[C@@H](C)CCC[C@@H](C)CCCC(C)CC(=O)c1ccc(C=O)cc1. The monoisotopic (exact) mass is 400 g/mol. The number of ketones is 1. The molecule has 1 rings (SSSR count). The average molecular weight is 401 g/mol. The molecular weight excluding hydrogens is 356 g/mol. The van der Waals surface area contributed by atoms with Gasteiger partial charge in [-0.2, -0.15) is 0 Å². The summed E-state index contributed by atoms with van der Waals surface area (Å²) in [6.45, 7) is 11.6. The molecule has 0 N–H and O–H groups in total.